The van der Waals surface area contributed by atoms with Crippen LogP contribution in [-0.4, -0.2) is 24.3 Å². The number of aryl methyl sites for hydroxylation is 1. The number of anilines is 1. The van der Waals surface area contributed by atoms with Gasteiger partial charge in [0.05, 0.1) is 18.3 Å². The molecule has 1 aromatic carbocycles. The summed E-state index contributed by atoms with van der Waals surface area (Å²) in [7, 11) is 0. The van der Waals surface area contributed by atoms with Gasteiger partial charge in [0, 0.05) is 19.6 Å². The molecular formula is C18H23FN2O2. The number of nitrogens with zero attached hydrogens (tertiary/aromatic N) is 1. The Morgan fingerprint density at radius 1 is 1.22 bits per heavy atom. The van der Waals surface area contributed by atoms with E-state index in [9.17, 15) is 9.50 Å². The Labute approximate surface area is 135 Å². The maximum absolute atomic E-state index is 14.3. The highest BCUT2D eigenvalue weighted by molar-refractivity contribution is 5.49. The van der Waals surface area contributed by atoms with Crippen LogP contribution in [0.3, 0.4) is 0 Å². The quantitative estimate of drug-likeness (QED) is 0.890. The van der Waals surface area contributed by atoms with E-state index in [-0.39, 0.29) is 11.9 Å². The zero-order valence-electron chi connectivity index (χ0n) is 13.4. The molecule has 0 atom stereocenters. The molecule has 1 aliphatic rings. The van der Waals surface area contributed by atoms with E-state index in [0.717, 1.165) is 17.1 Å². The summed E-state index contributed by atoms with van der Waals surface area (Å²) in [6.45, 7) is 4.54. The Balaban J connectivity index is 1.56. The number of nitrogens with one attached hydrogen (secondary N) is 1. The van der Waals surface area contributed by atoms with Crippen LogP contribution in [-0.2, 0) is 13.1 Å². The second-order valence-corrected chi connectivity index (χ2v) is 6.12. The molecule has 0 spiro atoms. The Morgan fingerprint density at radius 3 is 2.65 bits per heavy atom. The van der Waals surface area contributed by atoms with Gasteiger partial charge in [-0.25, -0.2) is 4.39 Å². The topological polar surface area (TPSA) is 48.6 Å². The van der Waals surface area contributed by atoms with Crippen molar-refractivity contribution in [3.05, 3.63) is 53.2 Å². The molecule has 0 radical (unpaired) electrons. The third-order valence-corrected chi connectivity index (χ3v) is 4.24. The average molecular weight is 318 g/mol. The molecule has 124 valence electrons. The molecule has 4 nitrogen and oxygen atoms in total. The van der Waals surface area contributed by atoms with E-state index < -0.39 is 0 Å². The summed E-state index contributed by atoms with van der Waals surface area (Å²) < 4.78 is 19.8. The van der Waals surface area contributed by atoms with Crippen molar-refractivity contribution in [1.82, 2.24) is 5.32 Å². The van der Waals surface area contributed by atoms with Gasteiger partial charge in [-0.2, -0.15) is 0 Å². The standard InChI is InChI=1S/C18H23FN2O2/c1-13-2-4-16(23-13)12-20-11-14-3-5-18(17(19)10-14)21-8-6-15(22)7-9-21/h2-5,10,15,20,22H,6-9,11-12H2,1H3. The summed E-state index contributed by atoms with van der Waals surface area (Å²) >= 11 is 0. The van der Waals surface area contributed by atoms with Gasteiger partial charge in [-0.1, -0.05) is 6.07 Å². The molecule has 1 saturated heterocycles. The molecule has 0 saturated carbocycles. The van der Waals surface area contributed by atoms with Crippen molar-refractivity contribution in [2.24, 2.45) is 0 Å². The average Bonchev–Trinajstić information content (AvgIpc) is 2.94. The minimum atomic E-state index is -0.247. The summed E-state index contributed by atoms with van der Waals surface area (Å²) in [6.07, 6.45) is 1.15. The summed E-state index contributed by atoms with van der Waals surface area (Å²) in [5, 5.41) is 12.8. The normalized spacial score (nSPS) is 16.0. The maximum atomic E-state index is 14.3. The van der Waals surface area contributed by atoms with Crippen molar-refractivity contribution >= 4 is 5.69 Å². The zero-order chi connectivity index (χ0) is 16.2. The van der Waals surface area contributed by atoms with E-state index in [1.54, 1.807) is 6.07 Å². The van der Waals surface area contributed by atoms with Crippen LogP contribution in [0.4, 0.5) is 10.1 Å². The van der Waals surface area contributed by atoms with Crippen LogP contribution in [0.5, 0.6) is 0 Å². The molecule has 5 heteroatoms. The number of rotatable bonds is 5. The Hall–Kier alpha value is -1.85. The third kappa shape index (κ3) is 4.12. The first-order valence-corrected chi connectivity index (χ1v) is 8.09. The summed E-state index contributed by atoms with van der Waals surface area (Å²) in [5.74, 6) is 1.57. The number of hydrogen-bond acceptors (Lipinski definition) is 4. The van der Waals surface area contributed by atoms with Gasteiger partial charge in [-0.3, -0.25) is 0 Å². The number of aliphatic hydroxyl groups is 1. The summed E-state index contributed by atoms with van der Waals surface area (Å²) in [5.41, 5.74) is 1.54. The fraction of sp³-hybridized carbons (Fsp3) is 0.444. The number of aliphatic hydroxyl groups excluding tert-OH is 1. The fourth-order valence-corrected chi connectivity index (χ4v) is 2.93. The van der Waals surface area contributed by atoms with Crippen LogP contribution >= 0.6 is 0 Å². The Morgan fingerprint density at radius 2 is 2.00 bits per heavy atom. The zero-order valence-corrected chi connectivity index (χ0v) is 13.4. The number of benzene rings is 1. The summed E-state index contributed by atoms with van der Waals surface area (Å²) in [6, 6.07) is 9.24. The fourth-order valence-electron chi connectivity index (χ4n) is 2.93. The van der Waals surface area contributed by atoms with Gasteiger partial charge in [0.25, 0.3) is 0 Å². The minimum Gasteiger partial charge on any atom is -0.465 e. The molecular weight excluding hydrogens is 295 g/mol. The van der Waals surface area contributed by atoms with Gasteiger partial charge in [-0.05, 0) is 49.6 Å². The van der Waals surface area contributed by atoms with E-state index >= 15 is 0 Å². The van der Waals surface area contributed by atoms with E-state index in [2.05, 4.69) is 5.32 Å². The highest BCUT2D eigenvalue weighted by Crippen LogP contribution is 2.24. The van der Waals surface area contributed by atoms with Crippen molar-refractivity contribution < 1.29 is 13.9 Å². The van der Waals surface area contributed by atoms with E-state index in [1.165, 1.54) is 0 Å². The van der Waals surface area contributed by atoms with Crippen molar-refractivity contribution in [1.29, 1.82) is 0 Å². The molecule has 3 rings (SSSR count). The number of hydrogen-bond donors (Lipinski definition) is 2. The van der Waals surface area contributed by atoms with E-state index in [1.807, 2.05) is 36.1 Å². The molecule has 2 N–H and O–H groups in total. The first kappa shape index (κ1) is 16.0. The van der Waals surface area contributed by atoms with E-state index in [4.69, 9.17) is 4.42 Å². The second kappa shape index (κ2) is 7.15. The monoisotopic (exact) mass is 318 g/mol. The lowest BCUT2D eigenvalue weighted by Crippen LogP contribution is -2.36. The largest absolute Gasteiger partial charge is 0.465 e. The SMILES string of the molecule is Cc1ccc(CNCc2ccc(N3CCC(O)CC3)c(F)c2)o1. The first-order chi connectivity index (χ1) is 11.1. The molecule has 1 aromatic heterocycles. The van der Waals surface area contributed by atoms with Gasteiger partial charge in [0.1, 0.15) is 17.3 Å². The lowest BCUT2D eigenvalue weighted by molar-refractivity contribution is 0.145. The minimum absolute atomic E-state index is 0.200. The number of halogens is 1. The molecule has 0 bridgehead atoms. The summed E-state index contributed by atoms with van der Waals surface area (Å²) in [4.78, 5) is 2.00. The van der Waals surface area contributed by atoms with Crippen LogP contribution in [0.15, 0.2) is 34.7 Å². The highest BCUT2D eigenvalue weighted by atomic mass is 19.1. The molecule has 0 amide bonds. The third-order valence-electron chi connectivity index (χ3n) is 4.24. The van der Waals surface area contributed by atoms with Gasteiger partial charge in [0.15, 0.2) is 0 Å². The predicted molar refractivity (Wildman–Crippen MR) is 87.8 cm³/mol. The van der Waals surface area contributed by atoms with Gasteiger partial charge in [-0.15, -0.1) is 0 Å². The van der Waals surface area contributed by atoms with Crippen LogP contribution in [0, 0.1) is 12.7 Å². The first-order valence-electron chi connectivity index (χ1n) is 8.09. The molecule has 23 heavy (non-hydrogen) atoms. The molecule has 1 fully saturated rings. The van der Waals surface area contributed by atoms with Crippen molar-refractivity contribution in [3.63, 3.8) is 0 Å². The van der Waals surface area contributed by atoms with Gasteiger partial charge < -0.3 is 19.7 Å². The Bertz CT molecular complexity index is 648. The molecule has 0 aliphatic carbocycles. The van der Waals surface area contributed by atoms with Crippen LogP contribution in [0.25, 0.3) is 0 Å². The highest BCUT2D eigenvalue weighted by Gasteiger charge is 2.19. The number of furan rings is 1. The Kier molecular flexibility index (Phi) is 4.98. The van der Waals surface area contributed by atoms with Gasteiger partial charge >= 0.3 is 0 Å². The predicted octanol–water partition coefficient (Wildman–Crippen LogP) is 2.98. The number of piperidine rings is 1. The molecule has 2 aromatic rings. The lowest BCUT2D eigenvalue weighted by atomic mass is 10.1. The van der Waals surface area contributed by atoms with Gasteiger partial charge in [0.2, 0.25) is 0 Å². The maximum Gasteiger partial charge on any atom is 0.146 e. The van der Waals surface area contributed by atoms with Crippen molar-refractivity contribution in [3.8, 4) is 0 Å². The van der Waals surface area contributed by atoms with Crippen LogP contribution in [0.2, 0.25) is 0 Å². The van der Waals surface area contributed by atoms with Crippen molar-refractivity contribution in [2.45, 2.75) is 39.0 Å². The second-order valence-electron chi connectivity index (χ2n) is 6.12. The van der Waals surface area contributed by atoms with Crippen LogP contribution < -0.4 is 10.2 Å². The smallest absolute Gasteiger partial charge is 0.146 e. The molecule has 0 unspecified atom stereocenters. The molecule has 2 heterocycles. The van der Waals surface area contributed by atoms with Crippen LogP contribution in [0.1, 0.15) is 29.9 Å². The van der Waals surface area contributed by atoms with Crippen molar-refractivity contribution in [2.75, 3.05) is 18.0 Å². The van der Waals surface area contributed by atoms with E-state index in [0.29, 0.717) is 44.7 Å². The molecule has 1 aliphatic heterocycles. The lowest BCUT2D eigenvalue weighted by Gasteiger charge is -2.31.